The average molecular weight is 338 g/mol. The summed E-state index contributed by atoms with van der Waals surface area (Å²) < 4.78 is 5.79. The second-order valence-corrected chi connectivity index (χ2v) is 5.39. The molecule has 0 unspecified atom stereocenters. The summed E-state index contributed by atoms with van der Waals surface area (Å²) in [6, 6.07) is 10.6. The van der Waals surface area contributed by atoms with Crippen molar-refractivity contribution < 1.29 is 14.3 Å². The Labute approximate surface area is 143 Å². The second-order valence-electron chi connectivity index (χ2n) is 5.39. The number of benzene rings is 1. The number of carbonyl (C=O) groups is 1. The highest BCUT2D eigenvalue weighted by atomic mass is 35.5. The van der Waals surface area contributed by atoms with Crippen molar-refractivity contribution in [1.82, 2.24) is 5.32 Å². The summed E-state index contributed by atoms with van der Waals surface area (Å²) in [6.07, 6.45) is 5.00. The Morgan fingerprint density at radius 3 is 2.48 bits per heavy atom. The first-order chi connectivity index (χ1) is 10.7. The molecule has 23 heavy (non-hydrogen) atoms. The summed E-state index contributed by atoms with van der Waals surface area (Å²) in [7, 11) is 0. The van der Waals surface area contributed by atoms with E-state index in [1.165, 1.54) is 25.7 Å². The maximum Gasteiger partial charge on any atom is 0.335 e. The lowest BCUT2D eigenvalue weighted by Crippen LogP contribution is -2.14. The van der Waals surface area contributed by atoms with Crippen molar-refractivity contribution >= 4 is 18.4 Å². The summed E-state index contributed by atoms with van der Waals surface area (Å²) >= 11 is 0. The van der Waals surface area contributed by atoms with E-state index in [1.54, 1.807) is 24.3 Å². The predicted molar refractivity (Wildman–Crippen MR) is 94.2 cm³/mol. The average Bonchev–Trinajstić information content (AvgIpc) is 3.00. The third kappa shape index (κ3) is 6.08. The number of unbranched alkanes of at least 4 members (excludes halogenated alkanes) is 3. The van der Waals surface area contributed by atoms with E-state index in [0.29, 0.717) is 0 Å². The lowest BCUT2D eigenvalue weighted by atomic mass is 10.1. The Kier molecular flexibility index (Phi) is 8.45. The van der Waals surface area contributed by atoms with Gasteiger partial charge in [-0.3, -0.25) is 0 Å². The van der Waals surface area contributed by atoms with Gasteiger partial charge in [-0.2, -0.15) is 0 Å². The molecule has 0 bridgehead atoms. The molecule has 2 aromatic rings. The summed E-state index contributed by atoms with van der Waals surface area (Å²) in [6.45, 7) is 3.93. The topological polar surface area (TPSA) is 62.5 Å². The summed E-state index contributed by atoms with van der Waals surface area (Å²) in [5, 5.41) is 12.3. The summed E-state index contributed by atoms with van der Waals surface area (Å²) in [4.78, 5) is 10.8. The Morgan fingerprint density at radius 1 is 1.09 bits per heavy atom. The smallest absolute Gasteiger partial charge is 0.335 e. The van der Waals surface area contributed by atoms with Crippen LogP contribution >= 0.6 is 12.4 Å². The molecule has 1 aromatic carbocycles. The predicted octanol–water partition coefficient (Wildman–Crippen LogP) is 4.74. The third-order valence-electron chi connectivity index (χ3n) is 3.58. The number of carboxylic acid groups (broad SMARTS) is 1. The number of aromatic carboxylic acids is 1. The molecular weight excluding hydrogens is 314 g/mol. The molecule has 0 atom stereocenters. The van der Waals surface area contributed by atoms with Gasteiger partial charge in [-0.25, -0.2) is 4.79 Å². The highest BCUT2D eigenvalue weighted by Gasteiger charge is 2.07. The molecule has 1 aromatic heterocycles. The van der Waals surface area contributed by atoms with Gasteiger partial charge in [-0.05, 0) is 37.2 Å². The zero-order valence-electron chi connectivity index (χ0n) is 13.4. The fourth-order valence-corrected chi connectivity index (χ4v) is 2.29. The first-order valence-electron chi connectivity index (χ1n) is 7.84. The molecule has 0 radical (unpaired) electrons. The molecule has 2 N–H and O–H groups in total. The Hall–Kier alpha value is -1.78. The van der Waals surface area contributed by atoms with Crippen LogP contribution in [0.25, 0.3) is 11.3 Å². The van der Waals surface area contributed by atoms with E-state index in [4.69, 9.17) is 9.52 Å². The molecule has 126 valence electrons. The van der Waals surface area contributed by atoms with Crippen LogP contribution in [0.15, 0.2) is 40.8 Å². The first-order valence-corrected chi connectivity index (χ1v) is 7.84. The quantitative estimate of drug-likeness (QED) is 0.649. The van der Waals surface area contributed by atoms with Crippen molar-refractivity contribution in [1.29, 1.82) is 0 Å². The van der Waals surface area contributed by atoms with Gasteiger partial charge in [0, 0.05) is 5.56 Å². The summed E-state index contributed by atoms with van der Waals surface area (Å²) in [5.74, 6) is 0.742. The molecule has 4 nitrogen and oxygen atoms in total. The van der Waals surface area contributed by atoms with Gasteiger partial charge >= 0.3 is 5.97 Å². The van der Waals surface area contributed by atoms with Crippen molar-refractivity contribution in [2.45, 2.75) is 39.2 Å². The Balaban J connectivity index is 0.00000264. The molecule has 0 amide bonds. The SMILES string of the molecule is CCCCCCNCc1ccc(-c2ccc(C(=O)O)cc2)o1.Cl. The van der Waals surface area contributed by atoms with Gasteiger partial charge in [0.25, 0.3) is 0 Å². The number of carboxylic acids is 1. The van der Waals surface area contributed by atoms with E-state index in [1.807, 2.05) is 12.1 Å². The number of nitrogens with one attached hydrogen (secondary N) is 1. The molecule has 0 saturated carbocycles. The van der Waals surface area contributed by atoms with Crippen molar-refractivity contribution in [3.8, 4) is 11.3 Å². The summed E-state index contributed by atoms with van der Waals surface area (Å²) in [5.41, 5.74) is 1.17. The number of furan rings is 1. The van der Waals surface area contributed by atoms with Gasteiger partial charge < -0.3 is 14.8 Å². The molecule has 0 aliphatic rings. The number of hydrogen-bond acceptors (Lipinski definition) is 3. The minimum absolute atomic E-state index is 0. The van der Waals surface area contributed by atoms with Crippen LogP contribution < -0.4 is 5.32 Å². The van der Waals surface area contributed by atoms with E-state index >= 15 is 0 Å². The maximum absolute atomic E-state index is 10.8. The molecule has 2 rings (SSSR count). The van der Waals surface area contributed by atoms with Crippen LogP contribution in [0.2, 0.25) is 0 Å². The zero-order chi connectivity index (χ0) is 15.8. The second kappa shape index (κ2) is 10.1. The fourth-order valence-electron chi connectivity index (χ4n) is 2.29. The standard InChI is InChI=1S/C18H23NO3.ClH/c1-2-3-4-5-12-19-13-16-10-11-17(22-16)14-6-8-15(9-7-14)18(20)21;/h6-11,19H,2-5,12-13H2,1H3,(H,20,21);1H. The first kappa shape index (κ1) is 19.3. The third-order valence-corrected chi connectivity index (χ3v) is 3.58. The van der Waals surface area contributed by atoms with Crippen LogP contribution in [0.5, 0.6) is 0 Å². The molecular formula is C18H24ClNO3. The van der Waals surface area contributed by atoms with Crippen LogP contribution in [0.1, 0.15) is 48.7 Å². The lowest BCUT2D eigenvalue weighted by molar-refractivity contribution is 0.0697. The van der Waals surface area contributed by atoms with Crippen LogP contribution in [0.3, 0.4) is 0 Å². The van der Waals surface area contributed by atoms with Crippen molar-refractivity contribution in [2.24, 2.45) is 0 Å². The molecule has 0 aliphatic carbocycles. The largest absolute Gasteiger partial charge is 0.478 e. The van der Waals surface area contributed by atoms with E-state index in [-0.39, 0.29) is 18.0 Å². The molecule has 0 aliphatic heterocycles. The number of rotatable bonds is 9. The lowest BCUT2D eigenvalue weighted by Gasteiger charge is -2.02. The molecule has 0 spiro atoms. The maximum atomic E-state index is 10.8. The van der Waals surface area contributed by atoms with Gasteiger partial charge in [0.2, 0.25) is 0 Å². The van der Waals surface area contributed by atoms with Gasteiger partial charge in [0.05, 0.1) is 12.1 Å². The van der Waals surface area contributed by atoms with Crippen molar-refractivity contribution in [3.05, 3.63) is 47.7 Å². The Morgan fingerprint density at radius 2 is 1.83 bits per heavy atom. The van der Waals surface area contributed by atoms with Crippen molar-refractivity contribution in [2.75, 3.05) is 6.54 Å². The van der Waals surface area contributed by atoms with Gasteiger partial charge in [-0.15, -0.1) is 12.4 Å². The fraction of sp³-hybridized carbons (Fsp3) is 0.389. The van der Waals surface area contributed by atoms with Crippen LogP contribution in [0, 0.1) is 0 Å². The molecule has 5 heteroatoms. The van der Waals surface area contributed by atoms with Crippen molar-refractivity contribution in [3.63, 3.8) is 0 Å². The van der Waals surface area contributed by atoms with E-state index in [2.05, 4.69) is 12.2 Å². The zero-order valence-corrected chi connectivity index (χ0v) is 14.2. The van der Waals surface area contributed by atoms with E-state index in [0.717, 1.165) is 30.2 Å². The van der Waals surface area contributed by atoms with E-state index < -0.39 is 5.97 Å². The number of hydrogen-bond donors (Lipinski definition) is 2. The molecule has 1 heterocycles. The van der Waals surface area contributed by atoms with Crippen LogP contribution in [0.4, 0.5) is 0 Å². The number of halogens is 1. The minimum atomic E-state index is -0.918. The normalized spacial score (nSPS) is 10.3. The highest BCUT2D eigenvalue weighted by Crippen LogP contribution is 2.22. The van der Waals surface area contributed by atoms with Gasteiger partial charge in [0.1, 0.15) is 11.5 Å². The highest BCUT2D eigenvalue weighted by molar-refractivity contribution is 5.88. The monoisotopic (exact) mass is 337 g/mol. The Bertz CT molecular complexity index is 593. The molecule has 0 saturated heterocycles. The van der Waals surface area contributed by atoms with Crippen LogP contribution in [-0.2, 0) is 6.54 Å². The van der Waals surface area contributed by atoms with Gasteiger partial charge in [0.15, 0.2) is 0 Å². The molecule has 0 fully saturated rings. The van der Waals surface area contributed by atoms with Gasteiger partial charge in [-0.1, -0.05) is 38.3 Å². The van der Waals surface area contributed by atoms with Crippen LogP contribution in [-0.4, -0.2) is 17.6 Å². The minimum Gasteiger partial charge on any atom is -0.478 e. The van der Waals surface area contributed by atoms with E-state index in [9.17, 15) is 4.79 Å².